The van der Waals surface area contributed by atoms with E-state index in [0.29, 0.717) is 5.92 Å². The van der Waals surface area contributed by atoms with Crippen molar-refractivity contribution < 1.29 is 4.74 Å². The lowest BCUT2D eigenvalue weighted by atomic mass is 10.1. The number of hydrogen-bond acceptors (Lipinski definition) is 1. The SMILES string of the molecule is CC(C)C#CC(C)(C)OC(C)C. The average Bonchev–Trinajstić information content (AvgIpc) is 1.81. The Morgan fingerprint density at radius 2 is 1.58 bits per heavy atom. The summed E-state index contributed by atoms with van der Waals surface area (Å²) in [7, 11) is 0. The summed E-state index contributed by atoms with van der Waals surface area (Å²) in [6.45, 7) is 12.2. The molecule has 0 aromatic heterocycles. The van der Waals surface area contributed by atoms with Crippen LogP contribution in [-0.4, -0.2) is 11.7 Å². The van der Waals surface area contributed by atoms with Gasteiger partial charge in [-0.05, 0) is 27.7 Å². The molecule has 0 fully saturated rings. The molecule has 0 saturated heterocycles. The first-order valence-corrected chi connectivity index (χ1v) is 4.54. The first-order chi connectivity index (χ1) is 5.33. The largest absolute Gasteiger partial charge is 0.360 e. The van der Waals surface area contributed by atoms with Gasteiger partial charge in [0.1, 0.15) is 5.60 Å². The fourth-order valence-corrected chi connectivity index (χ4v) is 0.937. The Morgan fingerprint density at radius 1 is 1.08 bits per heavy atom. The van der Waals surface area contributed by atoms with Gasteiger partial charge < -0.3 is 4.74 Å². The standard InChI is InChI=1S/C11H20O/c1-9(2)7-8-11(5,6)12-10(3)4/h9-10H,1-6H3. The first kappa shape index (κ1) is 11.5. The quantitative estimate of drug-likeness (QED) is 0.576. The van der Waals surface area contributed by atoms with Crippen molar-refractivity contribution in [3.63, 3.8) is 0 Å². The van der Waals surface area contributed by atoms with Crippen LogP contribution in [-0.2, 0) is 4.74 Å². The van der Waals surface area contributed by atoms with E-state index in [1.54, 1.807) is 0 Å². The van der Waals surface area contributed by atoms with Gasteiger partial charge >= 0.3 is 0 Å². The van der Waals surface area contributed by atoms with Crippen molar-refractivity contribution in [1.82, 2.24) is 0 Å². The Morgan fingerprint density at radius 3 is 1.92 bits per heavy atom. The van der Waals surface area contributed by atoms with Gasteiger partial charge in [-0.3, -0.25) is 0 Å². The third-order valence-corrected chi connectivity index (χ3v) is 1.19. The van der Waals surface area contributed by atoms with Gasteiger partial charge in [0.15, 0.2) is 0 Å². The Balaban J connectivity index is 4.15. The number of rotatable bonds is 2. The van der Waals surface area contributed by atoms with Crippen LogP contribution in [0.1, 0.15) is 41.5 Å². The van der Waals surface area contributed by atoms with Crippen molar-refractivity contribution in [2.45, 2.75) is 53.2 Å². The molecule has 0 atom stereocenters. The second-order valence-electron chi connectivity index (χ2n) is 4.10. The first-order valence-electron chi connectivity index (χ1n) is 4.54. The molecule has 0 bridgehead atoms. The van der Waals surface area contributed by atoms with Gasteiger partial charge in [0.05, 0.1) is 6.10 Å². The van der Waals surface area contributed by atoms with Crippen LogP contribution in [0.15, 0.2) is 0 Å². The van der Waals surface area contributed by atoms with Crippen molar-refractivity contribution in [2.75, 3.05) is 0 Å². The molecule has 1 nitrogen and oxygen atoms in total. The molecule has 0 aromatic rings. The van der Waals surface area contributed by atoms with Crippen molar-refractivity contribution in [2.24, 2.45) is 5.92 Å². The molecular formula is C11H20O. The fraction of sp³-hybridized carbons (Fsp3) is 0.818. The van der Waals surface area contributed by atoms with Gasteiger partial charge in [-0.1, -0.05) is 25.7 Å². The maximum atomic E-state index is 5.61. The lowest BCUT2D eigenvalue weighted by molar-refractivity contribution is -0.0162. The maximum absolute atomic E-state index is 5.61. The summed E-state index contributed by atoms with van der Waals surface area (Å²) in [5, 5.41) is 0. The molecule has 0 aliphatic carbocycles. The molecule has 0 N–H and O–H groups in total. The minimum atomic E-state index is -0.307. The van der Waals surface area contributed by atoms with E-state index < -0.39 is 0 Å². The zero-order chi connectivity index (χ0) is 9.78. The van der Waals surface area contributed by atoms with Crippen LogP contribution in [0.4, 0.5) is 0 Å². The molecule has 0 unspecified atom stereocenters. The zero-order valence-corrected chi connectivity index (χ0v) is 9.06. The highest BCUT2D eigenvalue weighted by Crippen LogP contribution is 2.10. The minimum Gasteiger partial charge on any atom is -0.360 e. The molecule has 0 amide bonds. The Kier molecular flexibility index (Phi) is 4.34. The summed E-state index contributed by atoms with van der Waals surface area (Å²) in [4.78, 5) is 0. The second-order valence-corrected chi connectivity index (χ2v) is 4.10. The summed E-state index contributed by atoms with van der Waals surface area (Å²) in [6.07, 6.45) is 0.237. The average molecular weight is 168 g/mol. The predicted octanol–water partition coefficient (Wildman–Crippen LogP) is 2.85. The van der Waals surface area contributed by atoms with E-state index in [4.69, 9.17) is 4.74 Å². The predicted molar refractivity (Wildman–Crippen MR) is 52.9 cm³/mol. The number of ether oxygens (including phenoxy) is 1. The summed E-state index contributed by atoms with van der Waals surface area (Å²) >= 11 is 0. The van der Waals surface area contributed by atoms with Crippen LogP contribution in [0.5, 0.6) is 0 Å². The molecule has 0 aliphatic rings. The molecule has 0 aromatic carbocycles. The third kappa shape index (κ3) is 6.24. The Hall–Kier alpha value is -0.480. The maximum Gasteiger partial charge on any atom is 0.123 e. The fourth-order valence-electron chi connectivity index (χ4n) is 0.937. The van der Waals surface area contributed by atoms with Crippen molar-refractivity contribution >= 4 is 0 Å². The van der Waals surface area contributed by atoms with Gasteiger partial charge in [0, 0.05) is 5.92 Å². The molecule has 0 heterocycles. The Labute approximate surface area is 76.5 Å². The molecule has 0 radical (unpaired) electrons. The van der Waals surface area contributed by atoms with Gasteiger partial charge in [0.2, 0.25) is 0 Å². The highest BCUT2D eigenvalue weighted by Gasteiger charge is 2.15. The summed E-state index contributed by atoms with van der Waals surface area (Å²) < 4.78 is 5.61. The van der Waals surface area contributed by atoms with E-state index in [-0.39, 0.29) is 11.7 Å². The Bertz CT molecular complexity index is 179. The van der Waals surface area contributed by atoms with Gasteiger partial charge in [-0.15, -0.1) is 0 Å². The summed E-state index contributed by atoms with van der Waals surface area (Å²) in [6, 6.07) is 0. The third-order valence-electron chi connectivity index (χ3n) is 1.19. The molecule has 1 heteroatoms. The monoisotopic (exact) mass is 168 g/mol. The molecule has 0 rings (SSSR count). The lowest BCUT2D eigenvalue weighted by Gasteiger charge is -2.21. The van der Waals surface area contributed by atoms with E-state index in [0.717, 1.165) is 0 Å². The van der Waals surface area contributed by atoms with Crippen molar-refractivity contribution in [1.29, 1.82) is 0 Å². The summed E-state index contributed by atoms with van der Waals surface area (Å²) in [5.41, 5.74) is -0.307. The zero-order valence-electron chi connectivity index (χ0n) is 9.06. The van der Waals surface area contributed by atoms with E-state index in [1.165, 1.54) is 0 Å². The van der Waals surface area contributed by atoms with E-state index in [9.17, 15) is 0 Å². The van der Waals surface area contributed by atoms with Gasteiger partial charge in [0.25, 0.3) is 0 Å². The molecular weight excluding hydrogens is 148 g/mol. The number of hydrogen-bond donors (Lipinski definition) is 0. The normalized spacial score (nSPS) is 11.7. The molecule has 0 spiro atoms. The highest BCUT2D eigenvalue weighted by molar-refractivity contribution is 5.12. The topological polar surface area (TPSA) is 9.23 Å². The van der Waals surface area contributed by atoms with Gasteiger partial charge in [-0.25, -0.2) is 0 Å². The van der Waals surface area contributed by atoms with Gasteiger partial charge in [-0.2, -0.15) is 0 Å². The summed E-state index contributed by atoms with van der Waals surface area (Å²) in [5.74, 6) is 6.65. The smallest absolute Gasteiger partial charge is 0.123 e. The van der Waals surface area contributed by atoms with Crippen molar-refractivity contribution in [3.8, 4) is 11.8 Å². The van der Waals surface area contributed by atoms with Crippen LogP contribution >= 0.6 is 0 Å². The minimum absolute atomic E-state index is 0.237. The van der Waals surface area contributed by atoms with E-state index in [1.807, 2.05) is 27.7 Å². The molecule has 12 heavy (non-hydrogen) atoms. The van der Waals surface area contributed by atoms with Crippen LogP contribution in [0.2, 0.25) is 0 Å². The van der Waals surface area contributed by atoms with Crippen LogP contribution in [0, 0.1) is 17.8 Å². The second kappa shape index (κ2) is 4.52. The highest BCUT2D eigenvalue weighted by atomic mass is 16.5. The van der Waals surface area contributed by atoms with Crippen molar-refractivity contribution in [3.05, 3.63) is 0 Å². The molecule has 70 valence electrons. The van der Waals surface area contributed by atoms with E-state index in [2.05, 4.69) is 25.7 Å². The van der Waals surface area contributed by atoms with Crippen LogP contribution in [0.25, 0.3) is 0 Å². The molecule has 0 saturated carbocycles. The van der Waals surface area contributed by atoms with Crippen LogP contribution < -0.4 is 0 Å². The van der Waals surface area contributed by atoms with Crippen LogP contribution in [0.3, 0.4) is 0 Å². The lowest BCUT2D eigenvalue weighted by Crippen LogP contribution is -2.26. The molecule has 0 aliphatic heterocycles. The van der Waals surface area contributed by atoms with E-state index >= 15 is 0 Å².